The quantitative estimate of drug-likeness (QED) is 0.604. The number of hydrogen-bond donors (Lipinski definition) is 2. The van der Waals surface area contributed by atoms with E-state index in [1.165, 1.54) is 18.3 Å². The van der Waals surface area contributed by atoms with Crippen molar-refractivity contribution >= 4 is 46.0 Å². The van der Waals surface area contributed by atoms with E-state index in [0.717, 1.165) is 16.8 Å². The number of aromatic nitrogens is 1. The topological polar surface area (TPSA) is 97.4 Å². The highest BCUT2D eigenvalue weighted by molar-refractivity contribution is 7.98. The summed E-state index contributed by atoms with van der Waals surface area (Å²) in [7, 11) is 0. The van der Waals surface area contributed by atoms with Crippen LogP contribution in [0.1, 0.15) is 18.9 Å². The van der Waals surface area contributed by atoms with Gasteiger partial charge in [-0.3, -0.25) is 14.9 Å². The van der Waals surface area contributed by atoms with Crippen molar-refractivity contribution in [1.29, 1.82) is 0 Å². The molecule has 0 aliphatic heterocycles. The van der Waals surface area contributed by atoms with Gasteiger partial charge in [-0.1, -0.05) is 29.8 Å². The second-order valence-electron chi connectivity index (χ2n) is 6.09. The molecule has 1 heterocycles. The molecule has 0 aliphatic carbocycles. The number of nitrogens with zero attached hydrogens (tertiary/aromatic N) is 1. The molecular formula is C19H23N3O4S2. The van der Waals surface area contributed by atoms with Gasteiger partial charge in [0.05, 0.1) is 5.69 Å². The van der Waals surface area contributed by atoms with Gasteiger partial charge in [0.1, 0.15) is 6.04 Å². The van der Waals surface area contributed by atoms with E-state index in [1.807, 2.05) is 42.8 Å². The number of nitrogens with one attached hydrogen (secondary N) is 2. The molecular weight excluding hydrogens is 398 g/mol. The largest absolute Gasteiger partial charge is 0.454 e. The summed E-state index contributed by atoms with van der Waals surface area (Å²) in [4.78, 5) is 39.8. The fourth-order valence-electron chi connectivity index (χ4n) is 2.31. The lowest BCUT2D eigenvalue weighted by atomic mass is 10.1. The Balaban J connectivity index is 1.87. The number of benzene rings is 1. The first-order valence-corrected chi connectivity index (χ1v) is 10.9. The summed E-state index contributed by atoms with van der Waals surface area (Å²) in [6.45, 7) is 2.91. The van der Waals surface area contributed by atoms with E-state index in [0.29, 0.717) is 17.3 Å². The number of ether oxygens (including phenoxy) is 1. The van der Waals surface area contributed by atoms with Crippen LogP contribution in [-0.4, -0.2) is 47.4 Å². The highest BCUT2D eigenvalue weighted by Gasteiger charge is 2.21. The van der Waals surface area contributed by atoms with E-state index in [-0.39, 0.29) is 5.91 Å². The zero-order valence-corrected chi connectivity index (χ0v) is 17.6. The smallest absolute Gasteiger partial charge is 0.329 e. The molecule has 150 valence electrons. The molecule has 0 radical (unpaired) electrons. The van der Waals surface area contributed by atoms with Gasteiger partial charge in [-0.05, 0) is 25.4 Å². The number of rotatable bonds is 9. The third-order valence-electron chi connectivity index (χ3n) is 3.72. The van der Waals surface area contributed by atoms with Crippen molar-refractivity contribution in [3.63, 3.8) is 0 Å². The fourth-order valence-corrected chi connectivity index (χ4v) is 3.52. The second-order valence-corrected chi connectivity index (χ2v) is 7.94. The molecule has 2 amide bonds. The molecule has 1 atom stereocenters. The molecule has 0 fully saturated rings. The van der Waals surface area contributed by atoms with Crippen LogP contribution in [0.4, 0.5) is 5.13 Å². The molecule has 0 aliphatic rings. The van der Waals surface area contributed by atoms with Gasteiger partial charge in [0.2, 0.25) is 5.91 Å². The number of amides is 2. The standard InChI is InChI=1S/C19H23N3O4S2/c1-12-4-6-14(7-5-12)16-11-28-19(21-16)22-17(24)10-26-18(25)15(8-9-27-3)20-13(2)23/h4-7,11,15H,8-10H2,1-3H3,(H,20,23)(H,21,22,24). The predicted octanol–water partition coefficient (Wildman–Crippen LogP) is 2.86. The minimum Gasteiger partial charge on any atom is -0.454 e. The molecule has 0 saturated carbocycles. The molecule has 0 saturated heterocycles. The summed E-state index contributed by atoms with van der Waals surface area (Å²) < 4.78 is 5.04. The van der Waals surface area contributed by atoms with Crippen LogP contribution >= 0.6 is 23.1 Å². The second kappa shape index (κ2) is 10.8. The summed E-state index contributed by atoms with van der Waals surface area (Å²) in [5.41, 5.74) is 2.88. The molecule has 1 aromatic heterocycles. The molecule has 0 bridgehead atoms. The minimum atomic E-state index is -0.759. The lowest BCUT2D eigenvalue weighted by Crippen LogP contribution is -2.42. The summed E-state index contributed by atoms with van der Waals surface area (Å²) in [6.07, 6.45) is 2.34. The summed E-state index contributed by atoms with van der Waals surface area (Å²) in [5.74, 6) is -0.741. The van der Waals surface area contributed by atoms with E-state index in [1.54, 1.807) is 11.8 Å². The summed E-state index contributed by atoms with van der Waals surface area (Å²) in [5, 5.41) is 7.44. The number of anilines is 1. The van der Waals surface area contributed by atoms with Gasteiger partial charge in [0.25, 0.3) is 5.91 Å². The first kappa shape index (κ1) is 21.9. The van der Waals surface area contributed by atoms with Gasteiger partial charge in [-0.15, -0.1) is 11.3 Å². The zero-order valence-electron chi connectivity index (χ0n) is 16.0. The number of carbonyl (C=O) groups is 3. The SMILES string of the molecule is CSCCC(NC(C)=O)C(=O)OCC(=O)Nc1nc(-c2ccc(C)cc2)cs1. The lowest BCUT2D eigenvalue weighted by Gasteiger charge is -2.16. The molecule has 9 heteroatoms. The van der Waals surface area contributed by atoms with Gasteiger partial charge >= 0.3 is 5.97 Å². The maximum Gasteiger partial charge on any atom is 0.329 e. The monoisotopic (exact) mass is 421 g/mol. The molecule has 2 N–H and O–H groups in total. The number of thiazole rings is 1. The lowest BCUT2D eigenvalue weighted by molar-refractivity contribution is -0.150. The number of carbonyl (C=O) groups excluding carboxylic acids is 3. The molecule has 2 rings (SSSR count). The predicted molar refractivity (Wildman–Crippen MR) is 112 cm³/mol. The Bertz CT molecular complexity index is 821. The molecule has 1 aromatic carbocycles. The van der Waals surface area contributed by atoms with Gasteiger partial charge in [0, 0.05) is 17.9 Å². The summed E-state index contributed by atoms with van der Waals surface area (Å²) in [6, 6.07) is 7.16. The van der Waals surface area contributed by atoms with E-state index in [4.69, 9.17) is 4.74 Å². The van der Waals surface area contributed by atoms with Gasteiger partial charge < -0.3 is 10.1 Å². The molecule has 28 heavy (non-hydrogen) atoms. The first-order valence-electron chi connectivity index (χ1n) is 8.64. The maximum absolute atomic E-state index is 12.1. The highest BCUT2D eigenvalue weighted by Crippen LogP contribution is 2.25. The van der Waals surface area contributed by atoms with Crippen LogP contribution in [0.3, 0.4) is 0 Å². The van der Waals surface area contributed by atoms with Gasteiger partial charge in [0.15, 0.2) is 11.7 Å². The average Bonchev–Trinajstić information content (AvgIpc) is 3.11. The molecule has 2 aromatic rings. The van der Waals surface area contributed by atoms with Gasteiger partial charge in [-0.2, -0.15) is 11.8 Å². The number of thioether (sulfide) groups is 1. The molecule has 7 nitrogen and oxygen atoms in total. The molecule has 0 spiro atoms. The fraction of sp³-hybridized carbons (Fsp3) is 0.368. The maximum atomic E-state index is 12.1. The Kier molecular flexibility index (Phi) is 8.46. The van der Waals surface area contributed by atoms with Crippen molar-refractivity contribution < 1.29 is 19.1 Å². The van der Waals surface area contributed by atoms with Crippen LogP contribution in [0.15, 0.2) is 29.6 Å². The number of hydrogen-bond acceptors (Lipinski definition) is 7. The number of esters is 1. The van der Waals surface area contributed by atoms with E-state index in [2.05, 4.69) is 15.6 Å². The van der Waals surface area contributed by atoms with Crippen molar-refractivity contribution in [2.75, 3.05) is 23.9 Å². The van der Waals surface area contributed by atoms with E-state index < -0.39 is 24.5 Å². The van der Waals surface area contributed by atoms with E-state index in [9.17, 15) is 14.4 Å². The van der Waals surface area contributed by atoms with Gasteiger partial charge in [-0.25, -0.2) is 9.78 Å². The van der Waals surface area contributed by atoms with Crippen LogP contribution in [0, 0.1) is 6.92 Å². The Labute approximate surface area is 172 Å². The first-order chi connectivity index (χ1) is 13.4. The van der Waals surface area contributed by atoms with Crippen LogP contribution in [0.2, 0.25) is 0 Å². The normalized spacial score (nSPS) is 11.5. The Hall–Kier alpha value is -2.39. The van der Waals surface area contributed by atoms with Crippen molar-refractivity contribution in [2.24, 2.45) is 0 Å². The van der Waals surface area contributed by atoms with Crippen molar-refractivity contribution in [2.45, 2.75) is 26.3 Å². The van der Waals surface area contributed by atoms with Crippen molar-refractivity contribution in [3.8, 4) is 11.3 Å². The van der Waals surface area contributed by atoms with Crippen LogP contribution in [0.25, 0.3) is 11.3 Å². The average molecular weight is 422 g/mol. The Morgan fingerprint density at radius 1 is 1.25 bits per heavy atom. The van der Waals surface area contributed by atoms with Crippen LogP contribution in [-0.2, 0) is 19.1 Å². The zero-order chi connectivity index (χ0) is 20.5. The van der Waals surface area contributed by atoms with Crippen molar-refractivity contribution in [1.82, 2.24) is 10.3 Å². The number of aryl methyl sites for hydroxylation is 1. The van der Waals surface area contributed by atoms with Crippen LogP contribution in [0.5, 0.6) is 0 Å². The Morgan fingerprint density at radius 2 is 1.96 bits per heavy atom. The van der Waals surface area contributed by atoms with Crippen molar-refractivity contribution in [3.05, 3.63) is 35.2 Å². The van der Waals surface area contributed by atoms with Crippen LogP contribution < -0.4 is 10.6 Å². The molecule has 1 unspecified atom stereocenters. The minimum absolute atomic E-state index is 0.320. The Morgan fingerprint density at radius 3 is 2.61 bits per heavy atom. The summed E-state index contributed by atoms with van der Waals surface area (Å²) >= 11 is 2.85. The third-order valence-corrected chi connectivity index (χ3v) is 5.12. The highest BCUT2D eigenvalue weighted by atomic mass is 32.2. The third kappa shape index (κ3) is 6.97. The van der Waals surface area contributed by atoms with E-state index >= 15 is 0 Å².